The highest BCUT2D eigenvalue weighted by molar-refractivity contribution is 7.17. The maximum atomic E-state index is 12.3. The molecule has 0 saturated carbocycles. The molecule has 1 aliphatic rings. The van der Waals surface area contributed by atoms with Gasteiger partial charge in [-0.3, -0.25) is 9.59 Å². The fraction of sp³-hybridized carbons (Fsp3) is 0.400. The number of hydrogen-bond acceptors (Lipinski definition) is 5. The molecular weight excluding hydrogens is 318 g/mol. The van der Waals surface area contributed by atoms with E-state index in [0.29, 0.717) is 17.8 Å². The van der Waals surface area contributed by atoms with Crippen LogP contribution in [0.5, 0.6) is 0 Å². The molecule has 2 aromatic heterocycles. The first-order valence-corrected chi connectivity index (χ1v) is 8.96. The third-order valence-corrected chi connectivity index (χ3v) is 5.27. The van der Waals surface area contributed by atoms with E-state index >= 15 is 0 Å². The zero-order valence-electron chi connectivity index (χ0n) is 12.2. The zero-order valence-corrected chi connectivity index (χ0v) is 13.9. The van der Waals surface area contributed by atoms with Crippen molar-refractivity contribution in [2.75, 3.05) is 13.1 Å². The van der Waals surface area contributed by atoms with Crippen molar-refractivity contribution in [2.45, 2.75) is 25.8 Å². The molecular formula is C15H17N3O2S2. The van der Waals surface area contributed by atoms with Crippen LogP contribution in [0.15, 0.2) is 23.0 Å². The molecule has 116 valence electrons. The summed E-state index contributed by atoms with van der Waals surface area (Å²) in [6.07, 6.45) is 3.15. The monoisotopic (exact) mass is 335 g/mol. The predicted octanol–water partition coefficient (Wildman–Crippen LogP) is 2.61. The van der Waals surface area contributed by atoms with Crippen molar-refractivity contribution in [3.05, 3.63) is 27.9 Å². The fourth-order valence-electron chi connectivity index (χ4n) is 2.47. The number of carbonyl (C=O) groups is 2. The molecule has 0 aliphatic carbocycles. The van der Waals surface area contributed by atoms with E-state index in [2.05, 4.69) is 10.3 Å². The number of likely N-dealkylation sites (tertiary alicyclic amines) is 1. The Bertz CT molecular complexity index is 666. The van der Waals surface area contributed by atoms with Crippen LogP contribution in [0.25, 0.3) is 10.6 Å². The Kier molecular flexibility index (Phi) is 4.54. The summed E-state index contributed by atoms with van der Waals surface area (Å²) in [6.45, 7) is 3.28. The summed E-state index contributed by atoms with van der Waals surface area (Å²) in [5.41, 5.74) is 1.05. The first-order valence-electron chi connectivity index (χ1n) is 7.20. The second-order valence-corrected chi connectivity index (χ2v) is 7.17. The van der Waals surface area contributed by atoms with Gasteiger partial charge < -0.3 is 10.2 Å². The first kappa shape index (κ1) is 15.2. The molecule has 0 unspecified atom stereocenters. The smallest absolute Gasteiger partial charge is 0.263 e. The molecule has 3 heterocycles. The van der Waals surface area contributed by atoms with Gasteiger partial charge in [0.1, 0.15) is 9.88 Å². The number of nitrogens with zero attached hydrogens (tertiary/aromatic N) is 2. The average molecular weight is 335 g/mol. The quantitative estimate of drug-likeness (QED) is 0.913. The SMILES string of the molecule is C[C@H](CN1CCCC1=O)NC(=O)c1cnc(-c2ccsc2)s1. The summed E-state index contributed by atoms with van der Waals surface area (Å²) in [5, 5.41) is 7.81. The third-order valence-electron chi connectivity index (χ3n) is 3.54. The maximum absolute atomic E-state index is 12.3. The molecule has 1 atom stereocenters. The number of carbonyl (C=O) groups excluding carboxylic acids is 2. The van der Waals surface area contributed by atoms with Crippen molar-refractivity contribution in [1.82, 2.24) is 15.2 Å². The molecule has 1 saturated heterocycles. The summed E-state index contributed by atoms with van der Waals surface area (Å²) < 4.78 is 0. The molecule has 3 rings (SSSR count). The molecule has 0 radical (unpaired) electrons. The summed E-state index contributed by atoms with van der Waals surface area (Å²) in [7, 11) is 0. The van der Waals surface area contributed by atoms with E-state index in [4.69, 9.17) is 0 Å². The Morgan fingerprint density at radius 2 is 2.41 bits per heavy atom. The van der Waals surface area contributed by atoms with Crippen molar-refractivity contribution in [1.29, 1.82) is 0 Å². The minimum atomic E-state index is -0.127. The van der Waals surface area contributed by atoms with Gasteiger partial charge in [-0.05, 0) is 24.8 Å². The van der Waals surface area contributed by atoms with Gasteiger partial charge in [0.2, 0.25) is 5.91 Å². The molecule has 0 spiro atoms. The summed E-state index contributed by atoms with van der Waals surface area (Å²) in [6, 6.07) is 1.92. The Balaban J connectivity index is 1.58. The molecule has 1 fully saturated rings. The Morgan fingerprint density at radius 1 is 1.55 bits per heavy atom. The van der Waals surface area contributed by atoms with Gasteiger partial charge in [-0.2, -0.15) is 11.3 Å². The maximum Gasteiger partial charge on any atom is 0.263 e. The molecule has 22 heavy (non-hydrogen) atoms. The van der Waals surface area contributed by atoms with Gasteiger partial charge in [0, 0.05) is 36.5 Å². The number of thiophene rings is 1. The summed E-state index contributed by atoms with van der Waals surface area (Å²) in [4.78, 5) is 30.6. The Morgan fingerprint density at radius 3 is 3.09 bits per heavy atom. The highest BCUT2D eigenvalue weighted by Crippen LogP contribution is 2.26. The molecule has 0 aromatic carbocycles. The van der Waals surface area contributed by atoms with Crippen LogP contribution in [0.3, 0.4) is 0 Å². The van der Waals surface area contributed by atoms with Gasteiger partial charge in [-0.25, -0.2) is 4.98 Å². The lowest BCUT2D eigenvalue weighted by atomic mass is 10.3. The molecule has 0 bridgehead atoms. The summed E-state index contributed by atoms with van der Waals surface area (Å²) >= 11 is 3.00. The first-order chi connectivity index (χ1) is 10.6. The van der Waals surface area contributed by atoms with Crippen LogP contribution >= 0.6 is 22.7 Å². The van der Waals surface area contributed by atoms with E-state index in [-0.39, 0.29) is 17.9 Å². The van der Waals surface area contributed by atoms with Crippen LogP contribution in [0, 0.1) is 0 Å². The zero-order chi connectivity index (χ0) is 15.5. The predicted molar refractivity (Wildman–Crippen MR) is 88.2 cm³/mol. The molecule has 2 aromatic rings. The third kappa shape index (κ3) is 3.36. The number of nitrogens with one attached hydrogen (secondary N) is 1. The second kappa shape index (κ2) is 6.58. The highest BCUT2D eigenvalue weighted by Gasteiger charge is 2.23. The lowest BCUT2D eigenvalue weighted by molar-refractivity contribution is -0.127. The standard InChI is InChI=1S/C15H17N3O2S2/c1-10(8-18-5-2-3-13(18)19)17-14(20)12-7-16-15(22-12)11-4-6-21-9-11/h4,6-7,9-10H,2-3,5,8H2,1H3,(H,17,20)/t10-/m1/s1. The topological polar surface area (TPSA) is 62.3 Å². The van der Waals surface area contributed by atoms with Crippen LogP contribution in [-0.4, -0.2) is 40.8 Å². The minimum absolute atomic E-state index is 0.0683. The van der Waals surface area contributed by atoms with E-state index in [1.165, 1.54) is 11.3 Å². The van der Waals surface area contributed by atoms with Crippen molar-refractivity contribution in [3.8, 4) is 10.6 Å². The molecule has 5 nitrogen and oxygen atoms in total. The summed E-state index contributed by atoms with van der Waals surface area (Å²) in [5.74, 6) is 0.0526. The average Bonchev–Trinajstić information content (AvgIpc) is 3.19. The normalized spacial score (nSPS) is 16.0. The number of aromatic nitrogens is 1. The van der Waals surface area contributed by atoms with Crippen LogP contribution in [0.4, 0.5) is 0 Å². The fourth-order valence-corrected chi connectivity index (χ4v) is 4.00. The van der Waals surface area contributed by atoms with E-state index in [9.17, 15) is 9.59 Å². The van der Waals surface area contributed by atoms with Crippen molar-refractivity contribution in [3.63, 3.8) is 0 Å². The number of rotatable bonds is 5. The Labute approximate surface area is 137 Å². The van der Waals surface area contributed by atoms with Gasteiger partial charge in [0.15, 0.2) is 0 Å². The largest absolute Gasteiger partial charge is 0.347 e. The van der Waals surface area contributed by atoms with Crippen LogP contribution < -0.4 is 5.32 Å². The van der Waals surface area contributed by atoms with Crippen molar-refractivity contribution in [2.24, 2.45) is 0 Å². The van der Waals surface area contributed by atoms with Crippen LogP contribution in [-0.2, 0) is 4.79 Å². The Hall–Kier alpha value is -1.73. The van der Waals surface area contributed by atoms with Crippen molar-refractivity contribution < 1.29 is 9.59 Å². The number of thiazole rings is 1. The molecule has 1 N–H and O–H groups in total. The lowest BCUT2D eigenvalue weighted by Crippen LogP contribution is -2.42. The second-order valence-electron chi connectivity index (χ2n) is 5.36. The van der Waals surface area contributed by atoms with Gasteiger partial charge in [0.25, 0.3) is 5.91 Å². The lowest BCUT2D eigenvalue weighted by Gasteiger charge is -2.21. The van der Waals surface area contributed by atoms with Gasteiger partial charge in [-0.15, -0.1) is 11.3 Å². The molecule has 7 heteroatoms. The van der Waals surface area contributed by atoms with Crippen LogP contribution in [0.2, 0.25) is 0 Å². The minimum Gasteiger partial charge on any atom is -0.347 e. The van der Waals surface area contributed by atoms with E-state index in [1.54, 1.807) is 17.5 Å². The molecule has 2 amide bonds. The number of amides is 2. The highest BCUT2D eigenvalue weighted by atomic mass is 32.1. The van der Waals surface area contributed by atoms with Gasteiger partial charge in [0.05, 0.1) is 6.20 Å². The van der Waals surface area contributed by atoms with E-state index in [0.717, 1.165) is 23.5 Å². The van der Waals surface area contributed by atoms with Gasteiger partial charge >= 0.3 is 0 Å². The van der Waals surface area contributed by atoms with Crippen molar-refractivity contribution >= 4 is 34.5 Å². The molecule has 1 aliphatic heterocycles. The van der Waals surface area contributed by atoms with E-state index in [1.807, 2.05) is 28.7 Å². The van der Waals surface area contributed by atoms with Gasteiger partial charge in [-0.1, -0.05) is 0 Å². The number of hydrogen-bond donors (Lipinski definition) is 1. The van der Waals surface area contributed by atoms with Crippen LogP contribution in [0.1, 0.15) is 29.4 Å². The van der Waals surface area contributed by atoms with E-state index < -0.39 is 0 Å².